The molecule has 9 nitrogen and oxygen atoms in total. The summed E-state index contributed by atoms with van der Waals surface area (Å²) < 4.78 is 41.8. The number of sulfonamides is 1. The molecule has 10 heteroatoms. The quantitative estimate of drug-likeness (QED) is 0.365. The first kappa shape index (κ1) is 23.9. The molecule has 0 bridgehead atoms. The van der Waals surface area contributed by atoms with Gasteiger partial charge in [0.25, 0.3) is 5.91 Å². The van der Waals surface area contributed by atoms with Crippen molar-refractivity contribution in [1.82, 2.24) is 10.0 Å². The van der Waals surface area contributed by atoms with Crippen molar-refractivity contribution in [3.8, 4) is 5.75 Å². The molecule has 2 N–H and O–H groups in total. The van der Waals surface area contributed by atoms with E-state index in [1.165, 1.54) is 39.5 Å². The highest BCUT2D eigenvalue weighted by Crippen LogP contribution is 2.24. The molecule has 0 atom stereocenters. The van der Waals surface area contributed by atoms with Gasteiger partial charge in [0.15, 0.2) is 0 Å². The van der Waals surface area contributed by atoms with Crippen LogP contribution >= 0.6 is 0 Å². The van der Waals surface area contributed by atoms with Gasteiger partial charge in [-0.1, -0.05) is 6.42 Å². The molecule has 0 saturated carbocycles. The van der Waals surface area contributed by atoms with E-state index in [4.69, 9.17) is 9.47 Å². The van der Waals surface area contributed by atoms with Gasteiger partial charge in [-0.15, -0.1) is 0 Å². The summed E-state index contributed by atoms with van der Waals surface area (Å²) in [7, 11) is 0.319. The fraction of sp³-hybridized carbons (Fsp3) is 0.556. The molecule has 0 aliphatic rings. The normalized spacial score (nSPS) is 11.1. The Morgan fingerprint density at radius 3 is 2.43 bits per heavy atom. The van der Waals surface area contributed by atoms with Crippen molar-refractivity contribution in [2.75, 3.05) is 41.0 Å². The Hall–Kier alpha value is -2.17. The fourth-order valence-electron chi connectivity index (χ4n) is 2.36. The van der Waals surface area contributed by atoms with Crippen LogP contribution in [0.3, 0.4) is 0 Å². The van der Waals surface area contributed by atoms with Crippen molar-refractivity contribution < 1.29 is 32.2 Å². The largest absolute Gasteiger partial charge is 0.495 e. The van der Waals surface area contributed by atoms with Crippen LogP contribution in [0.25, 0.3) is 0 Å². The molecule has 0 heterocycles. The summed E-state index contributed by atoms with van der Waals surface area (Å²) in [6, 6.07) is 4.22. The third-order valence-corrected chi connectivity index (χ3v) is 5.37. The van der Waals surface area contributed by atoms with Gasteiger partial charge in [0.2, 0.25) is 10.0 Å². The van der Waals surface area contributed by atoms with Crippen molar-refractivity contribution >= 4 is 21.9 Å². The van der Waals surface area contributed by atoms with Crippen LogP contribution in [0.1, 0.15) is 36.0 Å². The number of benzene rings is 1. The second-order valence-corrected chi connectivity index (χ2v) is 7.63. The number of ether oxygens (including phenoxy) is 3. The lowest BCUT2D eigenvalue weighted by Crippen LogP contribution is -2.28. The number of unbranched alkanes of at least 4 members (excludes halogenated alkanes) is 2. The molecule has 0 saturated heterocycles. The Balaban J connectivity index is 2.68. The van der Waals surface area contributed by atoms with E-state index in [0.29, 0.717) is 25.8 Å². The Kier molecular flexibility index (Phi) is 10.5. The third-order valence-electron chi connectivity index (χ3n) is 3.88. The van der Waals surface area contributed by atoms with E-state index in [1.54, 1.807) is 0 Å². The van der Waals surface area contributed by atoms with Gasteiger partial charge in [0.05, 0.1) is 20.8 Å². The fourth-order valence-corrected chi connectivity index (χ4v) is 3.57. The SMILES string of the molecule is COCCNS(=O)(=O)c1cc(C(=O)NCCCCCC(=O)OC)ccc1OC. The highest BCUT2D eigenvalue weighted by atomic mass is 32.2. The summed E-state index contributed by atoms with van der Waals surface area (Å²) in [6.45, 7) is 0.738. The van der Waals surface area contributed by atoms with Crippen LogP contribution in [0.15, 0.2) is 23.1 Å². The predicted molar refractivity (Wildman–Crippen MR) is 103 cm³/mol. The van der Waals surface area contributed by atoms with Gasteiger partial charge in [-0.3, -0.25) is 9.59 Å². The van der Waals surface area contributed by atoms with Crippen molar-refractivity contribution in [3.63, 3.8) is 0 Å². The summed E-state index contributed by atoms with van der Waals surface area (Å²) in [5.41, 5.74) is 0.211. The van der Waals surface area contributed by atoms with E-state index < -0.39 is 10.0 Å². The molecule has 0 aliphatic heterocycles. The first-order chi connectivity index (χ1) is 13.4. The lowest BCUT2D eigenvalue weighted by atomic mass is 10.1. The molecule has 1 aromatic rings. The minimum atomic E-state index is -3.85. The molecule has 0 fully saturated rings. The summed E-state index contributed by atoms with van der Waals surface area (Å²) in [5, 5.41) is 2.74. The zero-order valence-electron chi connectivity index (χ0n) is 16.4. The molecule has 28 heavy (non-hydrogen) atoms. The maximum atomic E-state index is 12.5. The second-order valence-electron chi connectivity index (χ2n) is 5.90. The Morgan fingerprint density at radius 1 is 1.04 bits per heavy atom. The topological polar surface area (TPSA) is 120 Å². The first-order valence-electron chi connectivity index (χ1n) is 8.87. The number of hydrogen-bond acceptors (Lipinski definition) is 7. The van der Waals surface area contributed by atoms with Crippen LogP contribution in [-0.4, -0.2) is 61.3 Å². The standard InChI is InChI=1S/C18H28N2O7S/c1-25-12-11-20-28(23,24)16-13-14(8-9-15(16)26-2)18(22)19-10-6-4-5-7-17(21)27-3/h8-9,13,20H,4-7,10-12H2,1-3H3,(H,19,22). The molecule has 1 aromatic carbocycles. The number of carbonyl (C=O) groups is 2. The Labute approximate surface area is 165 Å². The Bertz CT molecular complexity index is 750. The van der Waals surface area contributed by atoms with Crippen LogP contribution < -0.4 is 14.8 Å². The average Bonchev–Trinajstić information content (AvgIpc) is 2.69. The molecule has 158 valence electrons. The molecule has 0 radical (unpaired) electrons. The maximum Gasteiger partial charge on any atom is 0.305 e. The van der Waals surface area contributed by atoms with Crippen LogP contribution in [0.5, 0.6) is 5.75 Å². The monoisotopic (exact) mass is 416 g/mol. The lowest BCUT2D eigenvalue weighted by Gasteiger charge is -2.12. The lowest BCUT2D eigenvalue weighted by molar-refractivity contribution is -0.140. The number of amides is 1. The molecule has 0 aliphatic carbocycles. The highest BCUT2D eigenvalue weighted by Gasteiger charge is 2.21. The van der Waals surface area contributed by atoms with Gasteiger partial charge in [0.1, 0.15) is 10.6 Å². The highest BCUT2D eigenvalue weighted by molar-refractivity contribution is 7.89. The number of carbonyl (C=O) groups excluding carboxylic acids is 2. The smallest absolute Gasteiger partial charge is 0.305 e. The number of hydrogen-bond donors (Lipinski definition) is 2. The van der Waals surface area contributed by atoms with Crippen LogP contribution in [0, 0.1) is 0 Å². The van der Waals surface area contributed by atoms with E-state index in [1.807, 2.05) is 0 Å². The van der Waals surface area contributed by atoms with Crippen molar-refractivity contribution in [2.24, 2.45) is 0 Å². The van der Waals surface area contributed by atoms with E-state index in [9.17, 15) is 18.0 Å². The maximum absolute atomic E-state index is 12.5. The van der Waals surface area contributed by atoms with Crippen molar-refractivity contribution in [1.29, 1.82) is 0 Å². The van der Waals surface area contributed by atoms with Crippen LogP contribution in [0.2, 0.25) is 0 Å². The summed E-state index contributed by atoms with van der Waals surface area (Å²) in [6.07, 6.45) is 2.49. The summed E-state index contributed by atoms with van der Waals surface area (Å²) in [5.74, 6) is -0.497. The van der Waals surface area contributed by atoms with Gasteiger partial charge in [0, 0.05) is 32.2 Å². The zero-order valence-corrected chi connectivity index (χ0v) is 17.3. The van der Waals surface area contributed by atoms with E-state index in [2.05, 4.69) is 14.8 Å². The molecular formula is C18H28N2O7S. The average molecular weight is 416 g/mol. The van der Waals surface area contributed by atoms with Crippen LogP contribution in [-0.2, 0) is 24.3 Å². The molecule has 0 unspecified atom stereocenters. The first-order valence-corrected chi connectivity index (χ1v) is 10.4. The minimum Gasteiger partial charge on any atom is -0.495 e. The van der Waals surface area contributed by atoms with Crippen molar-refractivity contribution in [3.05, 3.63) is 23.8 Å². The Morgan fingerprint density at radius 2 is 1.79 bits per heavy atom. The molecule has 1 rings (SSSR count). The van der Waals surface area contributed by atoms with Gasteiger partial charge in [-0.05, 0) is 31.0 Å². The zero-order chi connectivity index (χ0) is 21.0. The van der Waals surface area contributed by atoms with Crippen molar-refractivity contribution in [2.45, 2.75) is 30.6 Å². The van der Waals surface area contributed by atoms with E-state index >= 15 is 0 Å². The number of nitrogens with one attached hydrogen (secondary N) is 2. The predicted octanol–water partition coefficient (Wildman–Crippen LogP) is 1.08. The van der Waals surface area contributed by atoms with E-state index in [-0.39, 0.29) is 41.2 Å². The van der Waals surface area contributed by atoms with Crippen LogP contribution in [0.4, 0.5) is 0 Å². The van der Waals surface area contributed by atoms with Gasteiger partial charge < -0.3 is 19.5 Å². The van der Waals surface area contributed by atoms with Gasteiger partial charge >= 0.3 is 5.97 Å². The summed E-state index contributed by atoms with van der Waals surface area (Å²) in [4.78, 5) is 23.2. The van der Waals surface area contributed by atoms with Gasteiger partial charge in [-0.2, -0.15) is 0 Å². The molecular weight excluding hydrogens is 388 g/mol. The molecule has 0 spiro atoms. The van der Waals surface area contributed by atoms with E-state index in [0.717, 1.165) is 6.42 Å². The number of methoxy groups -OCH3 is 3. The number of rotatable bonds is 13. The minimum absolute atomic E-state index is 0.101. The number of esters is 1. The molecule has 0 aromatic heterocycles. The third kappa shape index (κ3) is 7.83. The second kappa shape index (κ2) is 12.3. The van der Waals surface area contributed by atoms with Gasteiger partial charge in [-0.25, -0.2) is 13.1 Å². The molecule has 1 amide bonds. The summed E-state index contributed by atoms with van der Waals surface area (Å²) >= 11 is 0.